The summed E-state index contributed by atoms with van der Waals surface area (Å²) in [5.74, 6) is 0.750. The molecule has 0 amide bonds. The van der Waals surface area contributed by atoms with Crippen molar-refractivity contribution in [3.8, 4) is 0 Å². The molecule has 0 aromatic rings. The van der Waals surface area contributed by atoms with Crippen LogP contribution in [-0.4, -0.2) is 0 Å². The van der Waals surface area contributed by atoms with Gasteiger partial charge in [0.25, 0.3) is 0 Å². The van der Waals surface area contributed by atoms with Crippen LogP contribution in [0.25, 0.3) is 0 Å². The molecule has 0 aromatic carbocycles. The lowest BCUT2D eigenvalue weighted by Gasteiger charge is -2.48. The van der Waals surface area contributed by atoms with E-state index >= 15 is 0 Å². The molecule has 0 heteroatoms. The Morgan fingerprint density at radius 2 is 1.81 bits per heavy atom. The van der Waals surface area contributed by atoms with Gasteiger partial charge in [-0.2, -0.15) is 0 Å². The first kappa shape index (κ1) is 12.0. The van der Waals surface area contributed by atoms with E-state index in [0.717, 1.165) is 12.3 Å². The Hall–Kier alpha value is -0.520. The Morgan fingerprint density at radius 3 is 2.25 bits per heavy atom. The first-order chi connectivity index (χ1) is 7.51. The molecule has 0 aliphatic heterocycles. The van der Waals surface area contributed by atoms with Crippen LogP contribution >= 0.6 is 0 Å². The van der Waals surface area contributed by atoms with Crippen LogP contribution in [0.1, 0.15) is 59.8 Å². The van der Waals surface area contributed by atoms with Gasteiger partial charge in [-0.3, -0.25) is 0 Å². The second kappa shape index (κ2) is 4.05. The normalized spacial score (nSPS) is 24.2. The van der Waals surface area contributed by atoms with Gasteiger partial charge in [0.2, 0.25) is 0 Å². The summed E-state index contributed by atoms with van der Waals surface area (Å²) in [6, 6.07) is 0. The minimum absolute atomic E-state index is 0.421. The Balaban J connectivity index is 2.39. The van der Waals surface area contributed by atoms with Crippen molar-refractivity contribution in [3.63, 3.8) is 0 Å². The highest BCUT2D eigenvalue weighted by Gasteiger charge is 2.49. The molecule has 0 nitrogen and oxygen atoms in total. The minimum Gasteiger partial charge on any atom is -0.0804 e. The standard InChI is InChI=1S/C16H26/c1-13(2)15(3,4)16(11-7-8-12-16)14-9-5-6-10-14/h5,9-10,13H,6-8,11-12H2,1-4H3. The molecule has 0 N–H and O–H groups in total. The fourth-order valence-electron chi connectivity index (χ4n) is 3.65. The van der Waals surface area contributed by atoms with E-state index in [1.165, 1.54) is 25.7 Å². The quantitative estimate of drug-likeness (QED) is 0.617. The van der Waals surface area contributed by atoms with Crippen LogP contribution < -0.4 is 0 Å². The summed E-state index contributed by atoms with van der Waals surface area (Å²) in [6.07, 6.45) is 14.0. The lowest BCUT2D eigenvalue weighted by molar-refractivity contribution is 0.0646. The van der Waals surface area contributed by atoms with E-state index in [0.29, 0.717) is 10.8 Å². The van der Waals surface area contributed by atoms with Gasteiger partial charge >= 0.3 is 0 Å². The Labute approximate surface area is 101 Å². The molecule has 0 unspecified atom stereocenters. The van der Waals surface area contributed by atoms with Gasteiger partial charge < -0.3 is 0 Å². The Morgan fingerprint density at radius 1 is 1.19 bits per heavy atom. The first-order valence-corrected chi connectivity index (χ1v) is 6.88. The van der Waals surface area contributed by atoms with Crippen molar-refractivity contribution in [2.24, 2.45) is 16.7 Å². The van der Waals surface area contributed by atoms with Crippen molar-refractivity contribution >= 4 is 0 Å². The topological polar surface area (TPSA) is 0 Å². The zero-order valence-electron chi connectivity index (χ0n) is 11.3. The highest BCUT2D eigenvalue weighted by atomic mass is 14.5. The van der Waals surface area contributed by atoms with E-state index in [9.17, 15) is 0 Å². The number of hydrogen-bond donors (Lipinski definition) is 0. The van der Waals surface area contributed by atoms with Gasteiger partial charge in [0.15, 0.2) is 0 Å². The van der Waals surface area contributed by atoms with Crippen LogP contribution in [0.15, 0.2) is 23.8 Å². The SMILES string of the molecule is CC(C)C(C)(C)C1(C2=CCC=C2)CCCC1. The summed E-state index contributed by atoms with van der Waals surface area (Å²) < 4.78 is 0. The van der Waals surface area contributed by atoms with Crippen LogP contribution in [0.4, 0.5) is 0 Å². The van der Waals surface area contributed by atoms with E-state index in [1.54, 1.807) is 5.57 Å². The van der Waals surface area contributed by atoms with Crippen LogP contribution in [0.3, 0.4) is 0 Å². The summed E-state index contributed by atoms with van der Waals surface area (Å²) in [6.45, 7) is 9.74. The zero-order chi connectivity index (χ0) is 11.8. The molecular formula is C16H26. The maximum absolute atomic E-state index is 2.48. The van der Waals surface area contributed by atoms with Gasteiger partial charge in [-0.15, -0.1) is 0 Å². The third-order valence-electron chi connectivity index (χ3n) is 5.46. The highest BCUT2D eigenvalue weighted by Crippen LogP contribution is 2.59. The van der Waals surface area contributed by atoms with Gasteiger partial charge in [0.1, 0.15) is 0 Å². The fourth-order valence-corrected chi connectivity index (χ4v) is 3.65. The Kier molecular flexibility index (Phi) is 3.03. The molecule has 2 aliphatic rings. The molecule has 0 heterocycles. The molecule has 0 spiro atoms. The van der Waals surface area contributed by atoms with E-state index < -0.39 is 0 Å². The molecule has 90 valence electrons. The third kappa shape index (κ3) is 1.58. The van der Waals surface area contributed by atoms with Crippen LogP contribution in [0.2, 0.25) is 0 Å². The monoisotopic (exact) mass is 218 g/mol. The van der Waals surface area contributed by atoms with Crippen LogP contribution in [0.5, 0.6) is 0 Å². The summed E-state index contributed by atoms with van der Waals surface area (Å²) in [5.41, 5.74) is 2.53. The van der Waals surface area contributed by atoms with Crippen molar-refractivity contribution in [2.45, 2.75) is 59.8 Å². The average molecular weight is 218 g/mol. The number of hydrogen-bond acceptors (Lipinski definition) is 0. The molecule has 2 aliphatic carbocycles. The molecule has 1 fully saturated rings. The predicted molar refractivity (Wildman–Crippen MR) is 71.4 cm³/mol. The average Bonchev–Trinajstić information content (AvgIpc) is 2.89. The molecule has 0 atom stereocenters. The van der Waals surface area contributed by atoms with Crippen molar-refractivity contribution < 1.29 is 0 Å². The van der Waals surface area contributed by atoms with Crippen LogP contribution in [0, 0.1) is 16.7 Å². The van der Waals surface area contributed by atoms with Gasteiger partial charge in [0.05, 0.1) is 0 Å². The smallest absolute Gasteiger partial charge is 0.000340 e. The van der Waals surface area contributed by atoms with E-state index in [1.807, 2.05) is 0 Å². The highest BCUT2D eigenvalue weighted by molar-refractivity contribution is 5.35. The van der Waals surface area contributed by atoms with Gasteiger partial charge in [-0.1, -0.05) is 58.8 Å². The maximum atomic E-state index is 2.48. The molecule has 1 saturated carbocycles. The third-order valence-corrected chi connectivity index (χ3v) is 5.46. The molecule has 0 radical (unpaired) electrons. The van der Waals surface area contributed by atoms with Crippen molar-refractivity contribution in [1.82, 2.24) is 0 Å². The summed E-state index contributed by atoms with van der Waals surface area (Å²) >= 11 is 0. The first-order valence-electron chi connectivity index (χ1n) is 6.88. The molecule has 16 heavy (non-hydrogen) atoms. The number of rotatable bonds is 3. The van der Waals surface area contributed by atoms with Crippen molar-refractivity contribution in [1.29, 1.82) is 0 Å². The summed E-state index contributed by atoms with van der Waals surface area (Å²) in [7, 11) is 0. The summed E-state index contributed by atoms with van der Waals surface area (Å²) in [5, 5.41) is 0. The second-order valence-electron chi connectivity index (χ2n) is 6.46. The van der Waals surface area contributed by atoms with Gasteiger partial charge in [-0.05, 0) is 36.2 Å². The fraction of sp³-hybridized carbons (Fsp3) is 0.750. The molecular weight excluding hydrogens is 192 g/mol. The van der Waals surface area contributed by atoms with Gasteiger partial charge in [0, 0.05) is 5.41 Å². The molecule has 0 aromatic heterocycles. The summed E-state index contributed by atoms with van der Waals surface area (Å²) in [4.78, 5) is 0. The van der Waals surface area contributed by atoms with Crippen molar-refractivity contribution in [2.75, 3.05) is 0 Å². The van der Waals surface area contributed by atoms with E-state index in [-0.39, 0.29) is 0 Å². The Bertz CT molecular complexity index is 309. The van der Waals surface area contributed by atoms with Crippen molar-refractivity contribution in [3.05, 3.63) is 23.8 Å². The lowest BCUT2D eigenvalue weighted by Crippen LogP contribution is -2.40. The molecule has 0 saturated heterocycles. The lowest BCUT2D eigenvalue weighted by atomic mass is 9.56. The predicted octanol–water partition coefficient (Wildman–Crippen LogP) is 5.12. The minimum atomic E-state index is 0.421. The zero-order valence-corrected chi connectivity index (χ0v) is 11.3. The van der Waals surface area contributed by atoms with E-state index in [4.69, 9.17) is 0 Å². The molecule has 2 rings (SSSR count). The van der Waals surface area contributed by atoms with E-state index in [2.05, 4.69) is 45.9 Å². The second-order valence-corrected chi connectivity index (χ2v) is 6.46. The molecule has 0 bridgehead atoms. The largest absolute Gasteiger partial charge is 0.0804 e. The number of allylic oxidation sites excluding steroid dienone is 4. The maximum Gasteiger partial charge on any atom is 0.000340 e. The van der Waals surface area contributed by atoms with Crippen LogP contribution in [-0.2, 0) is 0 Å². The van der Waals surface area contributed by atoms with Gasteiger partial charge in [-0.25, -0.2) is 0 Å².